The fourth-order valence-electron chi connectivity index (χ4n) is 1.31. The highest BCUT2D eigenvalue weighted by Gasteiger charge is 2.09. The van der Waals surface area contributed by atoms with Gasteiger partial charge in [-0.1, -0.05) is 5.16 Å². The molecule has 0 aliphatic rings. The molecule has 17 heavy (non-hydrogen) atoms. The number of ether oxygens (including phenoxy) is 1. The van der Waals surface area contributed by atoms with E-state index in [9.17, 15) is 0 Å². The largest absolute Gasteiger partial charge is 0.490 e. The molecule has 0 aliphatic heterocycles. The van der Waals surface area contributed by atoms with Crippen molar-refractivity contribution in [1.82, 2.24) is 20.1 Å². The Kier molecular flexibility index (Phi) is 3.34. The van der Waals surface area contributed by atoms with E-state index in [0.29, 0.717) is 36.2 Å². The van der Waals surface area contributed by atoms with Crippen LogP contribution in [-0.4, -0.2) is 33.8 Å². The predicted octanol–water partition coefficient (Wildman–Crippen LogP) is 0.105. The molecule has 0 atom stereocenters. The highest BCUT2D eigenvalue weighted by atomic mass is 16.5. The molecule has 3 N–H and O–H groups in total. The summed E-state index contributed by atoms with van der Waals surface area (Å²) in [5, 5.41) is 6.76. The van der Waals surface area contributed by atoms with E-state index >= 15 is 0 Å². The van der Waals surface area contributed by atoms with Crippen LogP contribution in [-0.2, 0) is 6.42 Å². The molecule has 8 heteroatoms. The third-order valence-corrected chi connectivity index (χ3v) is 2.08. The minimum atomic E-state index is 0.296. The van der Waals surface area contributed by atoms with E-state index in [-0.39, 0.29) is 0 Å². The second-order valence-electron chi connectivity index (χ2n) is 3.16. The van der Waals surface area contributed by atoms with Gasteiger partial charge in [0.15, 0.2) is 17.5 Å². The Balaban J connectivity index is 1.97. The van der Waals surface area contributed by atoms with Crippen molar-refractivity contribution in [3.05, 3.63) is 18.5 Å². The highest BCUT2D eigenvalue weighted by molar-refractivity contribution is 5.61. The van der Waals surface area contributed by atoms with Gasteiger partial charge < -0.3 is 20.3 Å². The van der Waals surface area contributed by atoms with Gasteiger partial charge in [-0.2, -0.15) is 4.98 Å². The standard InChI is InChI=1S/C9H12N6O2/c1-16-7-8(10)12-4-13-9(7)11-3-2-6-14-5-17-15-6/h4-5H,2-3H2,1H3,(H3,10,11,12,13). The van der Waals surface area contributed by atoms with Crippen molar-refractivity contribution in [1.29, 1.82) is 0 Å². The molecule has 2 aromatic heterocycles. The lowest BCUT2D eigenvalue weighted by Gasteiger charge is -2.09. The van der Waals surface area contributed by atoms with Crippen molar-refractivity contribution in [2.75, 3.05) is 24.7 Å². The van der Waals surface area contributed by atoms with Gasteiger partial charge in [-0.15, -0.1) is 0 Å². The van der Waals surface area contributed by atoms with E-state index in [1.165, 1.54) is 19.8 Å². The normalized spacial score (nSPS) is 10.2. The van der Waals surface area contributed by atoms with E-state index in [4.69, 9.17) is 10.5 Å². The summed E-state index contributed by atoms with van der Waals surface area (Å²) in [6.07, 6.45) is 3.27. The number of anilines is 2. The van der Waals surface area contributed by atoms with Gasteiger partial charge in [0.1, 0.15) is 6.33 Å². The molecule has 0 spiro atoms. The van der Waals surface area contributed by atoms with Gasteiger partial charge in [0, 0.05) is 13.0 Å². The lowest BCUT2D eigenvalue weighted by Crippen LogP contribution is -2.10. The Bertz CT molecular complexity index is 472. The monoisotopic (exact) mass is 236 g/mol. The first-order valence-electron chi connectivity index (χ1n) is 4.95. The fourth-order valence-corrected chi connectivity index (χ4v) is 1.31. The SMILES string of the molecule is COc1c(N)ncnc1NCCc1ncon1. The van der Waals surface area contributed by atoms with Crippen LogP contribution in [0.15, 0.2) is 17.2 Å². The average molecular weight is 236 g/mol. The van der Waals surface area contributed by atoms with Crippen LogP contribution in [0.25, 0.3) is 0 Å². The number of methoxy groups -OCH3 is 1. The summed E-state index contributed by atoms with van der Waals surface area (Å²) in [6.45, 7) is 0.590. The smallest absolute Gasteiger partial charge is 0.213 e. The van der Waals surface area contributed by atoms with E-state index in [0.717, 1.165) is 0 Å². The van der Waals surface area contributed by atoms with Crippen molar-refractivity contribution in [3.8, 4) is 5.75 Å². The van der Waals surface area contributed by atoms with E-state index in [1.807, 2.05) is 0 Å². The van der Waals surface area contributed by atoms with Crippen LogP contribution in [0.1, 0.15) is 5.82 Å². The summed E-state index contributed by atoms with van der Waals surface area (Å²) in [5.41, 5.74) is 5.64. The minimum absolute atomic E-state index is 0.296. The summed E-state index contributed by atoms with van der Waals surface area (Å²) in [5.74, 6) is 1.90. The molecular formula is C9H12N6O2. The lowest BCUT2D eigenvalue weighted by molar-refractivity contribution is 0.410. The second kappa shape index (κ2) is 5.10. The summed E-state index contributed by atoms with van der Waals surface area (Å²) in [7, 11) is 1.51. The maximum atomic E-state index is 5.64. The molecule has 0 bridgehead atoms. The first kappa shape index (κ1) is 11.1. The van der Waals surface area contributed by atoms with Crippen molar-refractivity contribution < 1.29 is 9.26 Å². The molecule has 0 aliphatic carbocycles. The molecule has 2 rings (SSSR count). The van der Waals surface area contributed by atoms with Gasteiger partial charge in [0.25, 0.3) is 0 Å². The number of nitrogens with one attached hydrogen (secondary N) is 1. The Morgan fingerprint density at radius 1 is 1.41 bits per heavy atom. The van der Waals surface area contributed by atoms with Crippen LogP contribution >= 0.6 is 0 Å². The average Bonchev–Trinajstić information content (AvgIpc) is 2.82. The van der Waals surface area contributed by atoms with Crippen molar-refractivity contribution in [2.24, 2.45) is 0 Å². The molecule has 0 aromatic carbocycles. The van der Waals surface area contributed by atoms with Crippen LogP contribution in [0, 0.1) is 0 Å². The molecule has 8 nitrogen and oxygen atoms in total. The topological polar surface area (TPSA) is 112 Å². The molecule has 0 saturated carbocycles. The highest BCUT2D eigenvalue weighted by Crippen LogP contribution is 2.25. The Morgan fingerprint density at radius 2 is 2.29 bits per heavy atom. The van der Waals surface area contributed by atoms with E-state index < -0.39 is 0 Å². The van der Waals surface area contributed by atoms with Gasteiger partial charge in [-0.25, -0.2) is 9.97 Å². The third kappa shape index (κ3) is 2.60. The predicted molar refractivity (Wildman–Crippen MR) is 59.5 cm³/mol. The molecule has 90 valence electrons. The van der Waals surface area contributed by atoms with E-state index in [2.05, 4.69) is 29.9 Å². The van der Waals surface area contributed by atoms with E-state index in [1.54, 1.807) is 0 Å². The Morgan fingerprint density at radius 3 is 3.00 bits per heavy atom. The third-order valence-electron chi connectivity index (χ3n) is 2.08. The quantitative estimate of drug-likeness (QED) is 0.751. The van der Waals surface area contributed by atoms with Crippen LogP contribution in [0.3, 0.4) is 0 Å². The summed E-state index contributed by atoms with van der Waals surface area (Å²) < 4.78 is 9.72. The second-order valence-corrected chi connectivity index (χ2v) is 3.16. The molecular weight excluding hydrogens is 224 g/mol. The van der Waals surface area contributed by atoms with Gasteiger partial charge >= 0.3 is 0 Å². The molecule has 0 radical (unpaired) electrons. The van der Waals surface area contributed by atoms with Crippen molar-refractivity contribution in [3.63, 3.8) is 0 Å². The van der Waals surface area contributed by atoms with Crippen LogP contribution in [0.2, 0.25) is 0 Å². The number of aromatic nitrogens is 4. The summed E-state index contributed by atoms with van der Waals surface area (Å²) >= 11 is 0. The lowest BCUT2D eigenvalue weighted by atomic mass is 10.4. The number of hydrogen-bond donors (Lipinski definition) is 2. The molecule has 0 amide bonds. The number of hydrogen-bond acceptors (Lipinski definition) is 8. The van der Waals surface area contributed by atoms with Gasteiger partial charge in [0.2, 0.25) is 12.1 Å². The molecule has 0 saturated heterocycles. The van der Waals surface area contributed by atoms with Crippen LogP contribution in [0.5, 0.6) is 5.75 Å². The molecule has 2 heterocycles. The fraction of sp³-hybridized carbons (Fsp3) is 0.333. The van der Waals surface area contributed by atoms with Crippen LogP contribution < -0.4 is 15.8 Å². The molecule has 0 unspecified atom stereocenters. The summed E-state index contributed by atoms with van der Waals surface area (Å²) in [6, 6.07) is 0. The summed E-state index contributed by atoms with van der Waals surface area (Å²) in [4.78, 5) is 11.8. The van der Waals surface area contributed by atoms with Gasteiger partial charge in [-0.05, 0) is 0 Å². The number of nitrogens with two attached hydrogens (primary N) is 1. The minimum Gasteiger partial charge on any atom is -0.490 e. The number of rotatable bonds is 5. The Labute approximate surface area is 97.2 Å². The number of nitrogen functional groups attached to an aromatic ring is 1. The van der Waals surface area contributed by atoms with Crippen molar-refractivity contribution >= 4 is 11.6 Å². The van der Waals surface area contributed by atoms with Gasteiger partial charge in [-0.3, -0.25) is 0 Å². The molecule has 2 aromatic rings. The first-order valence-corrected chi connectivity index (χ1v) is 4.95. The Hall–Kier alpha value is -2.38. The maximum Gasteiger partial charge on any atom is 0.213 e. The molecule has 0 fully saturated rings. The van der Waals surface area contributed by atoms with Crippen LogP contribution in [0.4, 0.5) is 11.6 Å². The van der Waals surface area contributed by atoms with Crippen molar-refractivity contribution in [2.45, 2.75) is 6.42 Å². The first-order chi connectivity index (χ1) is 8.31. The zero-order chi connectivity index (χ0) is 12.1. The maximum absolute atomic E-state index is 5.64. The zero-order valence-corrected chi connectivity index (χ0v) is 9.25. The number of nitrogens with zero attached hydrogens (tertiary/aromatic N) is 4. The van der Waals surface area contributed by atoms with Gasteiger partial charge in [0.05, 0.1) is 7.11 Å². The zero-order valence-electron chi connectivity index (χ0n) is 9.25.